The molecule has 0 aliphatic heterocycles. The van der Waals surface area contributed by atoms with Crippen molar-refractivity contribution < 1.29 is 22.4 Å². The van der Waals surface area contributed by atoms with E-state index in [9.17, 15) is 12.6 Å². The van der Waals surface area contributed by atoms with Crippen molar-refractivity contribution in [3.05, 3.63) is 48.5 Å². The van der Waals surface area contributed by atoms with E-state index >= 15 is 0 Å². The largest absolute Gasteiger partial charge is 0.490 e. The van der Waals surface area contributed by atoms with Gasteiger partial charge in [0.05, 0.1) is 16.9 Å². The van der Waals surface area contributed by atoms with Crippen molar-refractivity contribution in [3.63, 3.8) is 0 Å². The van der Waals surface area contributed by atoms with Gasteiger partial charge in [-0.05, 0) is 44.0 Å². The van der Waals surface area contributed by atoms with Crippen LogP contribution in [0.5, 0.6) is 5.75 Å². The van der Waals surface area contributed by atoms with E-state index in [-0.39, 0.29) is 23.8 Å². The molecule has 0 amide bonds. The fourth-order valence-electron chi connectivity index (χ4n) is 2.42. The van der Waals surface area contributed by atoms with Gasteiger partial charge in [0.1, 0.15) is 5.75 Å². The van der Waals surface area contributed by atoms with E-state index in [4.69, 9.17) is 9.84 Å². The van der Waals surface area contributed by atoms with Crippen LogP contribution in [0.2, 0.25) is 0 Å². The average Bonchev–Trinajstić information content (AvgIpc) is 2.54. The molecule has 2 aromatic carbocycles. The summed E-state index contributed by atoms with van der Waals surface area (Å²) in [5, 5.41) is 8.58. The summed E-state index contributed by atoms with van der Waals surface area (Å²) in [4.78, 5) is 10.5. The molecule has 1 N–H and O–H groups in total. The second-order valence-corrected chi connectivity index (χ2v) is 7.99. The highest BCUT2D eigenvalue weighted by Crippen LogP contribution is 2.59. The molecule has 0 aliphatic rings. The van der Waals surface area contributed by atoms with Gasteiger partial charge in [0.15, 0.2) is 0 Å². The van der Waals surface area contributed by atoms with Crippen LogP contribution in [0.1, 0.15) is 26.7 Å². The molecule has 2 aromatic rings. The fourth-order valence-corrected chi connectivity index (χ4v) is 3.69. The van der Waals surface area contributed by atoms with E-state index in [0.717, 1.165) is 11.1 Å². The van der Waals surface area contributed by atoms with Crippen molar-refractivity contribution in [2.45, 2.75) is 37.7 Å². The first-order valence-corrected chi connectivity index (χ1v) is 9.68. The summed E-state index contributed by atoms with van der Waals surface area (Å²) in [5.74, 6) is -0.732. The summed E-state index contributed by atoms with van der Waals surface area (Å²) >= 11 is 0. The summed E-state index contributed by atoms with van der Waals surface area (Å²) in [6, 6.07) is 13.7. The molecule has 0 bridgehead atoms. The lowest BCUT2D eigenvalue weighted by Crippen LogP contribution is -2.06. The Hall–Kier alpha value is -2.08. The van der Waals surface area contributed by atoms with Crippen LogP contribution >= 0.6 is 10.8 Å². The van der Waals surface area contributed by atoms with Crippen molar-refractivity contribution in [2.75, 3.05) is 5.75 Å². The Bertz CT molecular complexity index is 715. The molecule has 0 spiro atoms. The predicted molar refractivity (Wildman–Crippen MR) is 97.5 cm³/mol. The third kappa shape index (κ3) is 5.46. The molecule has 0 heterocycles. The van der Waals surface area contributed by atoms with E-state index in [1.807, 2.05) is 38.1 Å². The minimum Gasteiger partial charge on any atom is -0.490 e. The minimum atomic E-state index is -3.98. The van der Waals surface area contributed by atoms with Gasteiger partial charge in [-0.25, -0.2) is 0 Å². The number of hydrogen-bond acceptors (Lipinski definition) is 2. The fraction of sp³-hybridized carbons (Fsp3) is 0.316. The highest BCUT2D eigenvalue weighted by molar-refractivity contribution is 8.25. The smallest absolute Gasteiger partial charge is 0.303 e. The Morgan fingerprint density at radius 2 is 1.76 bits per heavy atom. The van der Waals surface area contributed by atoms with Crippen LogP contribution < -0.4 is 4.74 Å². The maximum atomic E-state index is 14.3. The molecule has 0 atom stereocenters. The molecular weight excluding hydrogens is 346 g/mol. The van der Waals surface area contributed by atoms with Gasteiger partial charge < -0.3 is 9.84 Å². The van der Waals surface area contributed by atoms with Gasteiger partial charge in [-0.3, -0.25) is 4.79 Å². The van der Waals surface area contributed by atoms with Gasteiger partial charge in [-0.15, -0.1) is 0 Å². The number of rotatable bonds is 8. The zero-order chi connectivity index (χ0) is 18.4. The molecule has 0 aliphatic carbocycles. The molecule has 6 heteroatoms. The summed E-state index contributed by atoms with van der Waals surface area (Å²) in [6.07, 6.45) is -0.242. The number of para-hydroxylation sites is 1. The zero-order valence-corrected chi connectivity index (χ0v) is 15.1. The number of aliphatic carboxylic acids is 1. The number of hydrogen-bond donors (Lipinski definition) is 1. The molecule has 0 saturated heterocycles. The molecule has 3 nitrogen and oxygen atoms in total. The third-order valence-electron chi connectivity index (χ3n) is 3.55. The Morgan fingerprint density at radius 1 is 1.12 bits per heavy atom. The lowest BCUT2D eigenvalue weighted by atomic mass is 10.0. The summed E-state index contributed by atoms with van der Waals surface area (Å²) in [7, 11) is -3.98. The van der Waals surface area contributed by atoms with Gasteiger partial charge in [0.2, 0.25) is 0 Å². The van der Waals surface area contributed by atoms with Gasteiger partial charge >= 0.3 is 5.97 Å². The number of ether oxygens (including phenoxy) is 1. The van der Waals surface area contributed by atoms with Crippen LogP contribution in [0.3, 0.4) is 0 Å². The highest BCUT2D eigenvalue weighted by atomic mass is 32.3. The predicted octanol–water partition coefficient (Wildman–Crippen LogP) is 5.94. The van der Waals surface area contributed by atoms with Gasteiger partial charge in [-0.1, -0.05) is 30.3 Å². The van der Waals surface area contributed by atoms with Gasteiger partial charge in [0.25, 0.3) is 0 Å². The second kappa shape index (κ2) is 8.34. The normalized spacial score (nSPS) is 12.2. The molecule has 0 saturated carbocycles. The van der Waals surface area contributed by atoms with Gasteiger partial charge in [0, 0.05) is 22.6 Å². The Morgan fingerprint density at radius 3 is 2.36 bits per heavy atom. The quantitative estimate of drug-likeness (QED) is 0.627. The molecule has 0 unspecified atom stereocenters. The van der Waals surface area contributed by atoms with E-state index < -0.39 is 22.5 Å². The average molecular weight is 368 g/mol. The molecule has 0 aromatic heterocycles. The molecule has 0 fully saturated rings. The van der Waals surface area contributed by atoms with Gasteiger partial charge in [-0.2, -0.15) is 7.77 Å². The highest BCUT2D eigenvalue weighted by Gasteiger charge is 2.25. The number of halogens is 2. The van der Waals surface area contributed by atoms with Crippen LogP contribution in [0.4, 0.5) is 7.77 Å². The monoisotopic (exact) mass is 368 g/mol. The second-order valence-electron chi connectivity index (χ2n) is 5.96. The lowest BCUT2D eigenvalue weighted by Gasteiger charge is -2.21. The Kier molecular flexibility index (Phi) is 6.42. The summed E-state index contributed by atoms with van der Waals surface area (Å²) in [5.41, 5.74) is 1.66. The van der Waals surface area contributed by atoms with Crippen molar-refractivity contribution in [1.29, 1.82) is 0 Å². The number of carboxylic acid groups (broad SMARTS) is 1. The first-order valence-electron chi connectivity index (χ1n) is 8.08. The lowest BCUT2D eigenvalue weighted by molar-refractivity contribution is -0.137. The number of carboxylic acids is 1. The van der Waals surface area contributed by atoms with E-state index in [1.54, 1.807) is 12.1 Å². The maximum Gasteiger partial charge on any atom is 0.303 e. The summed E-state index contributed by atoms with van der Waals surface area (Å²) < 4.78 is 34.3. The molecular formula is C19H22F2O3S. The van der Waals surface area contributed by atoms with Crippen LogP contribution in [0.25, 0.3) is 11.1 Å². The zero-order valence-electron chi connectivity index (χ0n) is 14.2. The van der Waals surface area contributed by atoms with E-state index in [0.29, 0.717) is 5.75 Å². The maximum absolute atomic E-state index is 14.3. The number of benzene rings is 2. The van der Waals surface area contributed by atoms with E-state index in [1.165, 1.54) is 12.1 Å². The number of carbonyl (C=O) groups is 1. The first-order chi connectivity index (χ1) is 11.8. The van der Waals surface area contributed by atoms with Crippen molar-refractivity contribution in [3.8, 4) is 16.9 Å². The third-order valence-corrected chi connectivity index (χ3v) is 5.31. The minimum absolute atomic E-state index is 0.0171. The van der Waals surface area contributed by atoms with Crippen LogP contribution in [0, 0.1) is 0 Å². The molecule has 2 rings (SSSR count). The van der Waals surface area contributed by atoms with Crippen LogP contribution in [-0.2, 0) is 4.79 Å². The molecule has 25 heavy (non-hydrogen) atoms. The van der Waals surface area contributed by atoms with Crippen LogP contribution in [-0.4, -0.2) is 22.9 Å². The molecule has 0 radical (unpaired) electrons. The SMILES string of the molecule is CC(C)Oc1ccccc1-c1ccc(S(F)(F)CCCC(=O)O)cc1. The Balaban J connectivity index is 2.18. The van der Waals surface area contributed by atoms with Crippen molar-refractivity contribution in [2.24, 2.45) is 0 Å². The van der Waals surface area contributed by atoms with Crippen molar-refractivity contribution >= 4 is 16.8 Å². The standard InChI is InChI=1S/C19H22F2O3S/c1-14(2)24-18-7-4-3-6-17(18)15-9-11-16(12-10-15)25(20,21)13-5-8-19(22)23/h3-4,6-7,9-12,14H,5,8,13H2,1-2H3,(H,22,23). The summed E-state index contributed by atoms with van der Waals surface area (Å²) in [6.45, 7) is 3.86. The van der Waals surface area contributed by atoms with Crippen LogP contribution in [0.15, 0.2) is 53.4 Å². The van der Waals surface area contributed by atoms with Crippen molar-refractivity contribution in [1.82, 2.24) is 0 Å². The topological polar surface area (TPSA) is 46.5 Å². The Labute approximate surface area is 148 Å². The molecule has 136 valence electrons. The van der Waals surface area contributed by atoms with E-state index in [2.05, 4.69) is 0 Å². The first kappa shape index (κ1) is 19.2.